The lowest BCUT2D eigenvalue weighted by molar-refractivity contribution is 0.264. The molecule has 5 heterocycles. The predicted molar refractivity (Wildman–Crippen MR) is 94.5 cm³/mol. The van der Waals surface area contributed by atoms with Crippen molar-refractivity contribution >= 4 is 11.6 Å². The zero-order valence-electron chi connectivity index (χ0n) is 15.0. The molecule has 10 heteroatoms. The van der Waals surface area contributed by atoms with Gasteiger partial charge in [0.05, 0.1) is 18.4 Å². The second-order valence-corrected chi connectivity index (χ2v) is 6.61. The zero-order valence-corrected chi connectivity index (χ0v) is 15.0. The van der Waals surface area contributed by atoms with E-state index in [9.17, 15) is 0 Å². The van der Waals surface area contributed by atoms with Crippen molar-refractivity contribution in [1.29, 1.82) is 0 Å². The van der Waals surface area contributed by atoms with Gasteiger partial charge in [-0.2, -0.15) is 4.52 Å². The Morgan fingerprint density at radius 3 is 2.85 bits per heavy atom. The fourth-order valence-electron chi connectivity index (χ4n) is 3.41. The van der Waals surface area contributed by atoms with Crippen LogP contribution < -0.4 is 5.73 Å². The number of nitrogens with two attached hydrogens (primary N) is 1. The normalized spacial score (nSPS) is 14.3. The molecule has 1 aliphatic rings. The first kappa shape index (κ1) is 15.9. The number of fused-ring (bicyclic) bond motifs is 2. The van der Waals surface area contributed by atoms with Crippen LogP contribution in [0.1, 0.15) is 28.7 Å². The summed E-state index contributed by atoms with van der Waals surface area (Å²) >= 11 is 0. The van der Waals surface area contributed by atoms with Gasteiger partial charge in [-0.15, -0.1) is 5.10 Å². The van der Waals surface area contributed by atoms with E-state index in [1.54, 1.807) is 10.7 Å². The second-order valence-electron chi connectivity index (χ2n) is 6.61. The minimum Gasteiger partial charge on any atom is -0.444 e. The molecule has 27 heavy (non-hydrogen) atoms. The second kappa shape index (κ2) is 5.88. The summed E-state index contributed by atoms with van der Waals surface area (Å²) in [6.07, 6.45) is 3.77. The van der Waals surface area contributed by atoms with Gasteiger partial charge < -0.3 is 14.6 Å². The van der Waals surface area contributed by atoms with Crippen LogP contribution in [-0.2, 0) is 19.5 Å². The van der Waals surface area contributed by atoms with Crippen molar-refractivity contribution in [1.82, 2.24) is 34.4 Å². The van der Waals surface area contributed by atoms with Crippen molar-refractivity contribution in [3.63, 3.8) is 0 Å². The minimum atomic E-state index is 0.252. The third-order valence-corrected chi connectivity index (χ3v) is 4.70. The molecule has 0 aromatic carbocycles. The van der Waals surface area contributed by atoms with Crippen molar-refractivity contribution in [3.8, 4) is 11.6 Å². The smallest absolute Gasteiger partial charge is 0.245 e. The maximum atomic E-state index is 6.07. The minimum absolute atomic E-state index is 0.252. The number of nitrogen functional groups attached to an aromatic ring is 1. The first-order valence-electron chi connectivity index (χ1n) is 8.67. The van der Waals surface area contributed by atoms with Gasteiger partial charge in [0, 0.05) is 32.0 Å². The molecular formula is C17H18N8O2. The van der Waals surface area contributed by atoms with Gasteiger partial charge in [-0.05, 0) is 6.92 Å². The first-order valence-corrected chi connectivity index (χ1v) is 8.67. The molecule has 0 spiro atoms. The highest BCUT2D eigenvalue weighted by atomic mass is 16.4. The molecule has 0 aliphatic carbocycles. The van der Waals surface area contributed by atoms with Crippen molar-refractivity contribution in [2.75, 3.05) is 12.3 Å². The van der Waals surface area contributed by atoms with Crippen LogP contribution in [-0.4, -0.2) is 41.0 Å². The lowest BCUT2D eigenvalue weighted by Crippen LogP contribution is -2.20. The highest BCUT2D eigenvalue weighted by molar-refractivity contribution is 5.65. The monoisotopic (exact) mass is 366 g/mol. The molecule has 4 aromatic rings. The van der Waals surface area contributed by atoms with Crippen LogP contribution in [0.25, 0.3) is 17.2 Å². The quantitative estimate of drug-likeness (QED) is 0.572. The Morgan fingerprint density at radius 2 is 2.07 bits per heavy atom. The number of hydrogen-bond acceptors (Lipinski definition) is 9. The van der Waals surface area contributed by atoms with Gasteiger partial charge in [0.25, 0.3) is 0 Å². The average Bonchev–Trinajstić information content (AvgIpc) is 3.38. The van der Waals surface area contributed by atoms with Crippen molar-refractivity contribution in [2.45, 2.75) is 33.4 Å². The Hall–Kier alpha value is -3.27. The van der Waals surface area contributed by atoms with Crippen LogP contribution in [0.5, 0.6) is 0 Å². The average molecular weight is 366 g/mol. The molecule has 0 unspecified atom stereocenters. The summed E-state index contributed by atoms with van der Waals surface area (Å²) in [5, 5.41) is 4.51. The molecule has 0 saturated carbocycles. The van der Waals surface area contributed by atoms with E-state index in [0.29, 0.717) is 29.5 Å². The lowest BCUT2D eigenvalue weighted by Gasteiger charge is -2.12. The van der Waals surface area contributed by atoms with Crippen LogP contribution in [0.3, 0.4) is 0 Å². The van der Waals surface area contributed by atoms with Crippen LogP contribution in [0, 0.1) is 13.8 Å². The molecule has 138 valence electrons. The molecule has 2 N–H and O–H groups in total. The molecule has 4 aromatic heterocycles. The summed E-state index contributed by atoms with van der Waals surface area (Å²) in [6, 6.07) is 0. The van der Waals surface area contributed by atoms with E-state index in [1.807, 2.05) is 13.8 Å². The van der Waals surface area contributed by atoms with Crippen molar-refractivity contribution < 1.29 is 8.83 Å². The highest BCUT2D eigenvalue weighted by Crippen LogP contribution is 2.25. The highest BCUT2D eigenvalue weighted by Gasteiger charge is 2.25. The third-order valence-electron chi connectivity index (χ3n) is 4.70. The topological polar surface area (TPSA) is 124 Å². The maximum Gasteiger partial charge on any atom is 0.245 e. The Kier molecular flexibility index (Phi) is 3.47. The van der Waals surface area contributed by atoms with Crippen molar-refractivity contribution in [3.05, 3.63) is 41.2 Å². The summed E-state index contributed by atoms with van der Waals surface area (Å²) in [5.74, 6) is 3.06. The summed E-state index contributed by atoms with van der Waals surface area (Å²) in [6.45, 7) is 6.14. The molecule has 10 nitrogen and oxygen atoms in total. The Bertz CT molecular complexity index is 1100. The molecule has 0 atom stereocenters. The van der Waals surface area contributed by atoms with Gasteiger partial charge >= 0.3 is 0 Å². The SMILES string of the molecule is Cc1nc2c(o1)CN(CCc1nc3c(C)c(-c4ncco4)nc(N)n3n1)C2. The number of anilines is 1. The van der Waals surface area contributed by atoms with E-state index >= 15 is 0 Å². The van der Waals surface area contributed by atoms with E-state index in [2.05, 4.69) is 29.9 Å². The van der Waals surface area contributed by atoms with E-state index < -0.39 is 0 Å². The molecule has 0 amide bonds. The lowest BCUT2D eigenvalue weighted by atomic mass is 10.2. The first-order chi connectivity index (χ1) is 13.1. The molecule has 0 bridgehead atoms. The number of hydrogen-bond donors (Lipinski definition) is 1. The van der Waals surface area contributed by atoms with E-state index in [-0.39, 0.29) is 5.95 Å². The van der Waals surface area contributed by atoms with Crippen LogP contribution in [0.15, 0.2) is 21.3 Å². The maximum absolute atomic E-state index is 6.07. The number of aromatic nitrogens is 6. The molecular weight excluding hydrogens is 348 g/mol. The third kappa shape index (κ3) is 2.65. The predicted octanol–water partition coefficient (Wildman–Crippen LogP) is 1.52. The molecule has 1 aliphatic heterocycles. The van der Waals surface area contributed by atoms with Crippen LogP contribution in [0.2, 0.25) is 0 Å². The standard InChI is InChI=1S/C17H18N8O2/c1-9-14(16-19-4-6-26-16)22-17(18)25-15(9)21-13(23-25)3-5-24-7-11-12(8-24)27-10(2)20-11/h4,6H,3,5,7-8H2,1-2H3,(H2,18,22). The summed E-state index contributed by atoms with van der Waals surface area (Å²) < 4.78 is 12.5. The molecule has 0 saturated heterocycles. The molecule has 0 fully saturated rings. The fraction of sp³-hybridized carbons (Fsp3) is 0.353. The van der Waals surface area contributed by atoms with E-state index in [1.165, 1.54) is 6.26 Å². The Morgan fingerprint density at radius 1 is 1.19 bits per heavy atom. The fourth-order valence-corrected chi connectivity index (χ4v) is 3.41. The zero-order chi connectivity index (χ0) is 18.5. The molecule has 5 rings (SSSR count). The largest absolute Gasteiger partial charge is 0.444 e. The van der Waals surface area contributed by atoms with Gasteiger partial charge in [0.2, 0.25) is 11.8 Å². The molecule has 0 radical (unpaired) electrons. The van der Waals surface area contributed by atoms with Crippen LogP contribution in [0.4, 0.5) is 5.95 Å². The number of aryl methyl sites for hydroxylation is 2. The van der Waals surface area contributed by atoms with Gasteiger partial charge in [0.15, 0.2) is 17.4 Å². The Balaban J connectivity index is 1.38. The van der Waals surface area contributed by atoms with Gasteiger partial charge in [0.1, 0.15) is 17.7 Å². The van der Waals surface area contributed by atoms with Crippen molar-refractivity contribution in [2.24, 2.45) is 0 Å². The number of rotatable bonds is 4. The summed E-state index contributed by atoms with van der Waals surface area (Å²) in [7, 11) is 0. The van der Waals surface area contributed by atoms with Gasteiger partial charge in [-0.3, -0.25) is 4.90 Å². The van der Waals surface area contributed by atoms with Crippen LogP contribution >= 0.6 is 0 Å². The summed E-state index contributed by atoms with van der Waals surface area (Å²) in [5.41, 5.74) is 9.16. The number of nitrogens with zero attached hydrogens (tertiary/aromatic N) is 7. The summed E-state index contributed by atoms with van der Waals surface area (Å²) in [4.78, 5) is 19.8. The van der Waals surface area contributed by atoms with E-state index in [0.717, 1.165) is 42.5 Å². The van der Waals surface area contributed by atoms with Gasteiger partial charge in [-0.1, -0.05) is 0 Å². The van der Waals surface area contributed by atoms with E-state index in [4.69, 9.17) is 14.6 Å². The number of oxazole rings is 2. The van der Waals surface area contributed by atoms with Gasteiger partial charge in [-0.25, -0.2) is 19.9 Å². The Labute approximate surface area is 154 Å².